The summed E-state index contributed by atoms with van der Waals surface area (Å²) in [6.07, 6.45) is 1.38. The highest BCUT2D eigenvalue weighted by Crippen LogP contribution is 2.38. The zero-order chi connectivity index (χ0) is 18.1. The van der Waals surface area contributed by atoms with Gasteiger partial charge in [0.25, 0.3) is 0 Å². The first-order chi connectivity index (χ1) is 12.6. The van der Waals surface area contributed by atoms with Crippen molar-refractivity contribution < 1.29 is 14.2 Å². The summed E-state index contributed by atoms with van der Waals surface area (Å²) < 4.78 is 19.2. The summed E-state index contributed by atoms with van der Waals surface area (Å²) >= 11 is 5.83. The molecular formula is C18H14ClFN4O2. The Kier molecular flexibility index (Phi) is 4.32. The molecule has 0 saturated carbocycles. The molecule has 0 amide bonds. The molecule has 0 aliphatic carbocycles. The lowest BCUT2D eigenvalue weighted by Gasteiger charge is -2.13. The number of nitrogens with zero attached hydrogens (tertiary/aromatic N) is 2. The van der Waals surface area contributed by atoms with Gasteiger partial charge in [0.15, 0.2) is 5.82 Å². The standard InChI is InChI=1S/C18H14ClFN4O2/c19-13-6-12(2-3-14(13)20)24-17-16-18(23-9-22-17)26-15-4-1-10(8-25)5-11(15)7-21-16/h1-6,9,21,25H,7-8H2,(H,22,23,24). The van der Waals surface area contributed by atoms with Crippen molar-refractivity contribution in [3.63, 3.8) is 0 Å². The number of rotatable bonds is 3. The number of nitrogens with one attached hydrogen (secondary N) is 2. The lowest BCUT2D eigenvalue weighted by molar-refractivity contribution is 0.281. The van der Waals surface area contributed by atoms with E-state index in [1.54, 1.807) is 18.2 Å². The molecular weight excluding hydrogens is 359 g/mol. The maximum absolute atomic E-state index is 13.3. The Morgan fingerprint density at radius 2 is 2.12 bits per heavy atom. The van der Waals surface area contributed by atoms with Crippen molar-refractivity contribution in [2.75, 3.05) is 10.6 Å². The van der Waals surface area contributed by atoms with Crippen LogP contribution in [0.2, 0.25) is 5.02 Å². The SMILES string of the molecule is OCc1ccc2c(c1)CNc1c(Nc3ccc(F)c(Cl)c3)ncnc1O2. The number of hydrogen-bond donors (Lipinski definition) is 3. The van der Waals surface area contributed by atoms with E-state index in [1.807, 2.05) is 6.07 Å². The highest BCUT2D eigenvalue weighted by Gasteiger charge is 2.20. The minimum atomic E-state index is -0.490. The number of fused-ring (bicyclic) bond motifs is 2. The molecule has 0 spiro atoms. The van der Waals surface area contributed by atoms with Gasteiger partial charge in [-0.2, -0.15) is 4.98 Å². The minimum absolute atomic E-state index is 0.0169. The quantitative estimate of drug-likeness (QED) is 0.638. The van der Waals surface area contributed by atoms with Gasteiger partial charge < -0.3 is 20.5 Å². The van der Waals surface area contributed by atoms with Crippen LogP contribution in [0.3, 0.4) is 0 Å². The molecule has 0 bridgehead atoms. The van der Waals surface area contributed by atoms with Gasteiger partial charge in [-0.05, 0) is 35.9 Å². The van der Waals surface area contributed by atoms with E-state index >= 15 is 0 Å². The summed E-state index contributed by atoms with van der Waals surface area (Å²) in [4.78, 5) is 8.42. The molecule has 1 aliphatic rings. The molecule has 8 heteroatoms. The first-order valence-corrected chi connectivity index (χ1v) is 8.23. The van der Waals surface area contributed by atoms with Gasteiger partial charge in [-0.3, -0.25) is 0 Å². The summed E-state index contributed by atoms with van der Waals surface area (Å²) in [6, 6.07) is 9.79. The fourth-order valence-corrected chi connectivity index (χ4v) is 2.85. The van der Waals surface area contributed by atoms with Gasteiger partial charge in [0, 0.05) is 17.8 Å². The molecule has 132 valence electrons. The van der Waals surface area contributed by atoms with E-state index in [0.29, 0.717) is 35.4 Å². The van der Waals surface area contributed by atoms with E-state index in [2.05, 4.69) is 20.6 Å². The van der Waals surface area contributed by atoms with Gasteiger partial charge in [0.1, 0.15) is 23.6 Å². The average Bonchev–Trinajstić information content (AvgIpc) is 2.84. The Labute approximate surface area is 153 Å². The first kappa shape index (κ1) is 16.6. The Morgan fingerprint density at radius 3 is 2.92 bits per heavy atom. The van der Waals surface area contributed by atoms with Crippen molar-refractivity contribution >= 4 is 28.8 Å². The van der Waals surface area contributed by atoms with Gasteiger partial charge in [-0.15, -0.1) is 0 Å². The summed E-state index contributed by atoms with van der Waals surface area (Å²) in [5.74, 6) is 1.01. The summed E-state index contributed by atoms with van der Waals surface area (Å²) in [5, 5.41) is 15.7. The highest BCUT2D eigenvalue weighted by molar-refractivity contribution is 6.31. The van der Waals surface area contributed by atoms with E-state index in [-0.39, 0.29) is 11.6 Å². The van der Waals surface area contributed by atoms with Gasteiger partial charge in [-0.1, -0.05) is 17.7 Å². The third-order valence-electron chi connectivity index (χ3n) is 3.96. The maximum Gasteiger partial charge on any atom is 0.248 e. The highest BCUT2D eigenvalue weighted by atomic mass is 35.5. The molecule has 6 nitrogen and oxygen atoms in total. The molecule has 1 aliphatic heterocycles. The van der Waals surface area contributed by atoms with E-state index in [1.165, 1.54) is 18.5 Å². The van der Waals surface area contributed by atoms with Crippen LogP contribution in [-0.2, 0) is 13.2 Å². The molecule has 0 unspecified atom stereocenters. The Bertz CT molecular complexity index is 983. The topological polar surface area (TPSA) is 79.3 Å². The van der Waals surface area contributed by atoms with Crippen LogP contribution in [0.25, 0.3) is 0 Å². The normalized spacial score (nSPS) is 12.3. The van der Waals surface area contributed by atoms with E-state index in [0.717, 1.165) is 11.1 Å². The Hall–Kier alpha value is -2.90. The van der Waals surface area contributed by atoms with Crippen molar-refractivity contribution in [1.29, 1.82) is 0 Å². The summed E-state index contributed by atoms with van der Waals surface area (Å²) in [6.45, 7) is 0.431. The van der Waals surface area contributed by atoms with E-state index < -0.39 is 5.82 Å². The number of benzene rings is 2. The van der Waals surface area contributed by atoms with E-state index in [4.69, 9.17) is 16.3 Å². The predicted octanol–water partition coefficient (Wildman–Crippen LogP) is 4.22. The molecule has 4 rings (SSSR count). The third kappa shape index (κ3) is 3.14. The number of aromatic nitrogens is 2. The van der Waals surface area contributed by atoms with Crippen LogP contribution in [0.1, 0.15) is 11.1 Å². The van der Waals surface area contributed by atoms with Gasteiger partial charge in [0.2, 0.25) is 5.88 Å². The number of ether oxygens (including phenoxy) is 1. The number of hydrogen-bond acceptors (Lipinski definition) is 6. The molecule has 2 aromatic carbocycles. The molecule has 3 N–H and O–H groups in total. The summed E-state index contributed by atoms with van der Waals surface area (Å²) in [7, 11) is 0. The van der Waals surface area contributed by atoms with Crippen LogP contribution in [0.15, 0.2) is 42.7 Å². The monoisotopic (exact) mass is 372 g/mol. The lowest BCUT2D eigenvalue weighted by atomic mass is 10.1. The second-order valence-corrected chi connectivity index (χ2v) is 6.12. The predicted molar refractivity (Wildman–Crippen MR) is 96.5 cm³/mol. The van der Waals surface area contributed by atoms with E-state index in [9.17, 15) is 9.50 Å². The lowest BCUT2D eigenvalue weighted by Crippen LogP contribution is -2.04. The number of aliphatic hydroxyl groups excluding tert-OH is 1. The second kappa shape index (κ2) is 6.78. The van der Waals surface area contributed by atoms with Crippen LogP contribution in [-0.4, -0.2) is 15.1 Å². The smallest absolute Gasteiger partial charge is 0.248 e. The number of anilines is 3. The largest absolute Gasteiger partial charge is 0.437 e. The first-order valence-electron chi connectivity index (χ1n) is 7.85. The molecule has 0 saturated heterocycles. The number of aliphatic hydroxyl groups is 1. The Morgan fingerprint density at radius 1 is 1.23 bits per heavy atom. The van der Waals surface area contributed by atoms with Gasteiger partial charge in [0.05, 0.1) is 11.6 Å². The molecule has 1 aromatic heterocycles. The van der Waals surface area contributed by atoms with Crippen molar-refractivity contribution in [2.24, 2.45) is 0 Å². The van der Waals surface area contributed by atoms with Crippen molar-refractivity contribution in [1.82, 2.24) is 9.97 Å². The zero-order valence-electron chi connectivity index (χ0n) is 13.5. The van der Waals surface area contributed by atoms with Gasteiger partial charge >= 0.3 is 0 Å². The molecule has 0 fully saturated rings. The Balaban J connectivity index is 1.67. The van der Waals surface area contributed by atoms with Crippen LogP contribution in [0.4, 0.5) is 21.6 Å². The fraction of sp³-hybridized carbons (Fsp3) is 0.111. The second-order valence-electron chi connectivity index (χ2n) is 5.71. The van der Waals surface area contributed by atoms with Crippen molar-refractivity contribution in [3.05, 3.63) is 64.7 Å². The third-order valence-corrected chi connectivity index (χ3v) is 4.25. The van der Waals surface area contributed by atoms with Crippen LogP contribution in [0.5, 0.6) is 11.6 Å². The van der Waals surface area contributed by atoms with Crippen molar-refractivity contribution in [2.45, 2.75) is 13.2 Å². The molecule has 0 atom stereocenters. The van der Waals surface area contributed by atoms with Gasteiger partial charge in [-0.25, -0.2) is 9.37 Å². The van der Waals surface area contributed by atoms with Crippen LogP contribution >= 0.6 is 11.6 Å². The average molecular weight is 373 g/mol. The molecule has 3 aromatic rings. The maximum atomic E-state index is 13.3. The van der Waals surface area contributed by atoms with Crippen LogP contribution < -0.4 is 15.4 Å². The van der Waals surface area contributed by atoms with Crippen molar-refractivity contribution in [3.8, 4) is 11.6 Å². The summed E-state index contributed by atoms with van der Waals surface area (Å²) in [5.41, 5.74) is 2.86. The fourth-order valence-electron chi connectivity index (χ4n) is 2.67. The van der Waals surface area contributed by atoms with Crippen LogP contribution in [0, 0.1) is 5.82 Å². The zero-order valence-corrected chi connectivity index (χ0v) is 14.2. The molecule has 0 radical (unpaired) electrons. The molecule has 2 heterocycles. The number of halogens is 2. The molecule has 26 heavy (non-hydrogen) atoms. The minimum Gasteiger partial charge on any atom is -0.437 e.